The molecule has 0 radical (unpaired) electrons. The molecule has 6 heteroatoms. The van der Waals surface area contributed by atoms with Crippen LogP contribution in [0.5, 0.6) is 5.75 Å². The van der Waals surface area contributed by atoms with Crippen molar-refractivity contribution in [3.8, 4) is 5.75 Å². The highest BCUT2D eigenvalue weighted by Crippen LogP contribution is 2.46. The fourth-order valence-electron chi connectivity index (χ4n) is 4.16. The van der Waals surface area contributed by atoms with Crippen molar-refractivity contribution >= 4 is 23.3 Å². The molecule has 1 aliphatic carbocycles. The van der Waals surface area contributed by atoms with E-state index in [4.69, 9.17) is 30.8 Å². The SMILES string of the molecule is COc1ccc(COC(C)C2=NC3(c4ccccc4Cl)CC[C@@H](C)C(O2)C3=O)cc1. The van der Waals surface area contributed by atoms with E-state index >= 15 is 0 Å². The number of Topliss-reactive ketones (excluding diaryl/α,β-unsaturated/α-hetero) is 1. The van der Waals surface area contributed by atoms with Crippen LogP contribution >= 0.6 is 11.6 Å². The first-order valence-electron chi connectivity index (χ1n) is 10.2. The summed E-state index contributed by atoms with van der Waals surface area (Å²) in [4.78, 5) is 18.2. The van der Waals surface area contributed by atoms with E-state index < -0.39 is 17.7 Å². The lowest BCUT2D eigenvalue weighted by Crippen LogP contribution is -2.55. The predicted molar refractivity (Wildman–Crippen MR) is 116 cm³/mol. The van der Waals surface area contributed by atoms with Gasteiger partial charge in [-0.2, -0.15) is 0 Å². The van der Waals surface area contributed by atoms with Gasteiger partial charge < -0.3 is 14.2 Å². The monoisotopic (exact) mass is 427 g/mol. The van der Waals surface area contributed by atoms with Crippen LogP contribution in [-0.4, -0.2) is 31.0 Å². The summed E-state index contributed by atoms with van der Waals surface area (Å²) in [6.07, 6.45) is 0.537. The van der Waals surface area contributed by atoms with E-state index in [2.05, 4.69) is 0 Å². The summed E-state index contributed by atoms with van der Waals surface area (Å²) in [5, 5.41) is 0.552. The third-order valence-corrected chi connectivity index (χ3v) is 6.35. The zero-order chi connectivity index (χ0) is 21.3. The second-order valence-corrected chi connectivity index (χ2v) is 8.42. The molecule has 0 saturated heterocycles. The number of methoxy groups -OCH3 is 1. The number of ether oxygens (including phenoxy) is 3. The van der Waals surface area contributed by atoms with Crippen molar-refractivity contribution in [3.05, 3.63) is 64.7 Å². The predicted octanol–water partition coefficient (Wildman–Crippen LogP) is 4.95. The second kappa shape index (κ2) is 8.40. The minimum absolute atomic E-state index is 0.0135. The number of hydrogen-bond acceptors (Lipinski definition) is 5. The first kappa shape index (κ1) is 20.9. The van der Waals surface area contributed by atoms with Gasteiger partial charge in [0.25, 0.3) is 0 Å². The quantitative estimate of drug-likeness (QED) is 0.654. The number of fused-ring (bicyclic) bond motifs is 2. The van der Waals surface area contributed by atoms with E-state index in [1.807, 2.05) is 56.3 Å². The first-order chi connectivity index (χ1) is 14.4. The molecule has 0 N–H and O–H groups in total. The Kier molecular flexibility index (Phi) is 5.85. The summed E-state index contributed by atoms with van der Waals surface area (Å²) in [6.45, 7) is 4.35. The summed E-state index contributed by atoms with van der Waals surface area (Å²) in [7, 11) is 1.64. The van der Waals surface area contributed by atoms with Crippen LogP contribution in [0.2, 0.25) is 5.02 Å². The van der Waals surface area contributed by atoms with Crippen LogP contribution in [0.25, 0.3) is 0 Å². The van der Waals surface area contributed by atoms with Crippen molar-refractivity contribution < 1.29 is 19.0 Å². The molecular weight excluding hydrogens is 402 g/mol. The van der Waals surface area contributed by atoms with Gasteiger partial charge in [0.1, 0.15) is 11.9 Å². The lowest BCUT2D eigenvalue weighted by molar-refractivity contribution is -0.141. The Labute approximate surface area is 182 Å². The van der Waals surface area contributed by atoms with Crippen molar-refractivity contribution in [1.29, 1.82) is 0 Å². The largest absolute Gasteiger partial charge is 0.497 e. The number of rotatable bonds is 6. The Hall–Kier alpha value is -2.37. The lowest BCUT2D eigenvalue weighted by atomic mass is 9.70. The topological polar surface area (TPSA) is 57.1 Å². The second-order valence-electron chi connectivity index (χ2n) is 8.01. The Morgan fingerprint density at radius 2 is 1.97 bits per heavy atom. The number of nitrogens with zero attached hydrogens (tertiary/aromatic N) is 1. The van der Waals surface area contributed by atoms with Crippen LogP contribution in [0.3, 0.4) is 0 Å². The molecule has 0 aromatic heterocycles. The summed E-state index contributed by atoms with van der Waals surface area (Å²) in [5.41, 5.74) is 0.766. The average Bonchev–Trinajstić information content (AvgIpc) is 2.76. The maximum Gasteiger partial charge on any atom is 0.215 e. The Morgan fingerprint density at radius 3 is 2.67 bits per heavy atom. The molecule has 1 saturated carbocycles. The van der Waals surface area contributed by atoms with Gasteiger partial charge in [-0.15, -0.1) is 0 Å². The molecule has 2 aromatic rings. The van der Waals surface area contributed by atoms with Gasteiger partial charge in [0, 0.05) is 16.5 Å². The van der Waals surface area contributed by atoms with E-state index in [1.54, 1.807) is 13.2 Å². The molecule has 2 aromatic carbocycles. The normalized spacial score (nSPS) is 26.5. The van der Waals surface area contributed by atoms with Gasteiger partial charge >= 0.3 is 0 Å². The van der Waals surface area contributed by atoms with Crippen molar-refractivity contribution in [2.45, 2.75) is 51.0 Å². The Balaban J connectivity index is 1.61. The smallest absolute Gasteiger partial charge is 0.215 e. The van der Waals surface area contributed by atoms with Crippen molar-refractivity contribution in [1.82, 2.24) is 0 Å². The Morgan fingerprint density at radius 1 is 1.23 bits per heavy atom. The number of carbonyl (C=O) groups excluding carboxylic acids is 1. The number of carbonyl (C=O) groups is 1. The Bertz CT molecular complexity index is 958. The van der Waals surface area contributed by atoms with Crippen LogP contribution in [0, 0.1) is 5.92 Å². The summed E-state index contributed by atoms with van der Waals surface area (Å²) < 4.78 is 17.3. The van der Waals surface area contributed by atoms with Gasteiger partial charge in [-0.1, -0.05) is 48.9 Å². The van der Waals surface area contributed by atoms with Gasteiger partial charge in [-0.05, 0) is 43.5 Å². The van der Waals surface area contributed by atoms with Crippen molar-refractivity contribution in [2.75, 3.05) is 7.11 Å². The van der Waals surface area contributed by atoms with Crippen LogP contribution in [0.4, 0.5) is 0 Å². The van der Waals surface area contributed by atoms with E-state index in [1.165, 1.54) is 0 Å². The number of hydrogen-bond donors (Lipinski definition) is 0. The van der Waals surface area contributed by atoms with E-state index in [0.717, 1.165) is 23.3 Å². The number of aliphatic imine (C=N–C) groups is 1. The minimum atomic E-state index is -0.999. The highest BCUT2D eigenvalue weighted by Gasteiger charge is 2.54. The number of benzene rings is 2. The fourth-order valence-corrected chi connectivity index (χ4v) is 4.45. The first-order valence-corrected chi connectivity index (χ1v) is 10.6. The minimum Gasteiger partial charge on any atom is -0.497 e. The highest BCUT2D eigenvalue weighted by molar-refractivity contribution is 6.32. The highest BCUT2D eigenvalue weighted by atomic mass is 35.5. The molecule has 2 bridgehead atoms. The van der Waals surface area contributed by atoms with Crippen LogP contribution in [0.1, 0.15) is 37.8 Å². The molecule has 0 spiro atoms. The average molecular weight is 428 g/mol. The van der Waals surface area contributed by atoms with Crippen molar-refractivity contribution in [3.63, 3.8) is 0 Å². The third kappa shape index (κ3) is 3.72. The van der Waals surface area contributed by atoms with Gasteiger partial charge in [0.15, 0.2) is 11.6 Å². The zero-order valence-electron chi connectivity index (χ0n) is 17.4. The van der Waals surface area contributed by atoms with Gasteiger partial charge in [0.2, 0.25) is 11.7 Å². The maximum absolute atomic E-state index is 13.4. The number of ketones is 1. The zero-order valence-corrected chi connectivity index (χ0v) is 18.2. The summed E-state index contributed by atoms with van der Waals surface area (Å²) in [5.74, 6) is 1.36. The van der Waals surface area contributed by atoms with Gasteiger partial charge in [0.05, 0.1) is 13.7 Å². The molecule has 1 aliphatic heterocycles. The van der Waals surface area contributed by atoms with Crippen LogP contribution < -0.4 is 4.74 Å². The molecular formula is C24H26ClNO4. The van der Waals surface area contributed by atoms with Crippen molar-refractivity contribution in [2.24, 2.45) is 10.9 Å². The van der Waals surface area contributed by atoms with Crippen LogP contribution in [0.15, 0.2) is 53.5 Å². The lowest BCUT2D eigenvalue weighted by Gasteiger charge is -2.44. The molecule has 0 amide bonds. The third-order valence-electron chi connectivity index (χ3n) is 6.02. The molecule has 4 atom stereocenters. The summed E-state index contributed by atoms with van der Waals surface area (Å²) >= 11 is 6.49. The van der Waals surface area contributed by atoms with E-state index in [9.17, 15) is 4.79 Å². The molecule has 2 aliphatic rings. The van der Waals surface area contributed by atoms with E-state index in [0.29, 0.717) is 23.9 Å². The molecule has 1 heterocycles. The van der Waals surface area contributed by atoms with E-state index in [-0.39, 0.29) is 11.7 Å². The molecule has 30 heavy (non-hydrogen) atoms. The molecule has 4 rings (SSSR count). The molecule has 158 valence electrons. The fraction of sp³-hybridized carbons (Fsp3) is 0.417. The number of halogens is 1. The molecule has 5 nitrogen and oxygen atoms in total. The van der Waals surface area contributed by atoms with Gasteiger partial charge in [-0.25, -0.2) is 4.99 Å². The standard InChI is InChI=1S/C24H26ClNO4/c1-15-12-13-24(19-6-4-5-7-20(19)25)22(27)21(15)30-23(26-24)16(2)29-14-17-8-10-18(28-3)11-9-17/h4-11,15-16,21H,12-14H2,1-3H3/t15-,16?,21?,24?/m1/s1. The van der Waals surface area contributed by atoms with Crippen LogP contribution in [-0.2, 0) is 26.4 Å². The summed E-state index contributed by atoms with van der Waals surface area (Å²) in [6, 6.07) is 15.2. The molecule has 1 fully saturated rings. The molecule has 3 unspecified atom stereocenters. The maximum atomic E-state index is 13.4. The van der Waals surface area contributed by atoms with Gasteiger partial charge in [-0.3, -0.25) is 4.79 Å².